The first-order valence-corrected chi connectivity index (χ1v) is 4.73. The van der Waals surface area contributed by atoms with Gasteiger partial charge in [-0.3, -0.25) is 10.1 Å². The number of benzene rings is 1. The second kappa shape index (κ2) is 4.63. The molecule has 0 aliphatic carbocycles. The van der Waals surface area contributed by atoms with Gasteiger partial charge in [0.15, 0.2) is 0 Å². The minimum absolute atomic E-state index is 0. The molecule has 0 saturated carbocycles. The minimum Gasteiger partial charge on any atom is -0.744 e. The number of nitrogens with two attached hydrogens (primary N) is 1. The Morgan fingerprint density at radius 3 is 2.20 bits per heavy atom. The van der Waals surface area contributed by atoms with Crippen molar-refractivity contribution in [2.75, 3.05) is 5.73 Å². The largest absolute Gasteiger partial charge is 1.00 e. The van der Waals surface area contributed by atoms with Crippen molar-refractivity contribution >= 4 is 21.5 Å². The summed E-state index contributed by atoms with van der Waals surface area (Å²) in [7, 11) is -4.67. The first-order valence-electron chi connectivity index (χ1n) is 3.32. The summed E-state index contributed by atoms with van der Waals surface area (Å²) in [4.78, 5) is 8.85. The Morgan fingerprint density at radius 2 is 1.87 bits per heavy atom. The molecule has 76 valence electrons. The molecule has 0 saturated heterocycles. The molecule has 1 aromatic carbocycles. The monoisotopic (exact) mass is 224 g/mol. The summed E-state index contributed by atoms with van der Waals surface area (Å²) in [6.45, 7) is 0. The quantitative estimate of drug-likeness (QED) is 0.188. The summed E-state index contributed by atoms with van der Waals surface area (Å²) < 4.78 is 31.6. The summed E-state index contributed by atoms with van der Waals surface area (Å²) in [6, 6.07) is 2.54. The summed E-state index contributed by atoms with van der Waals surface area (Å²) >= 11 is 0. The van der Waals surface area contributed by atoms with Crippen molar-refractivity contribution in [2.45, 2.75) is 4.90 Å². The van der Waals surface area contributed by atoms with Crippen molar-refractivity contribution < 1.29 is 36.8 Å². The maximum atomic E-state index is 10.5. The number of nitro groups is 1. The summed E-state index contributed by atoms with van der Waals surface area (Å²) in [5.41, 5.74) is 4.37. The molecule has 0 fully saturated rings. The Bertz CT molecular complexity index is 486. The number of hydrogen-bond acceptors (Lipinski definition) is 6. The van der Waals surface area contributed by atoms with Crippen LogP contribution < -0.4 is 24.6 Å². The average molecular weight is 224 g/mol. The topological polar surface area (TPSA) is 126 Å². The number of anilines is 1. The molecule has 0 aromatic heterocycles. The fourth-order valence-electron chi connectivity index (χ4n) is 0.877. The molecule has 0 atom stereocenters. The van der Waals surface area contributed by atoms with Crippen molar-refractivity contribution in [1.82, 2.24) is 0 Å². The smallest absolute Gasteiger partial charge is 0.744 e. The van der Waals surface area contributed by atoms with E-state index in [1.165, 1.54) is 0 Å². The van der Waals surface area contributed by atoms with Gasteiger partial charge in [0.25, 0.3) is 5.69 Å². The van der Waals surface area contributed by atoms with Gasteiger partial charge >= 0.3 is 18.9 Å². The van der Waals surface area contributed by atoms with E-state index in [2.05, 4.69) is 0 Å². The van der Waals surface area contributed by atoms with E-state index in [0.717, 1.165) is 18.2 Å². The minimum atomic E-state index is -4.67. The van der Waals surface area contributed by atoms with E-state index in [1.54, 1.807) is 0 Å². The fourth-order valence-corrected chi connectivity index (χ4v) is 1.46. The molecule has 0 aliphatic heterocycles. The third-order valence-corrected chi connectivity index (χ3v) is 2.38. The van der Waals surface area contributed by atoms with Crippen LogP contribution in [0.2, 0.25) is 0 Å². The molecule has 0 aliphatic rings. The molecule has 0 spiro atoms. The Labute approximate surface area is 97.4 Å². The summed E-state index contributed by atoms with van der Waals surface area (Å²) in [5.74, 6) is 0. The Morgan fingerprint density at radius 1 is 1.33 bits per heavy atom. The zero-order valence-corrected chi connectivity index (χ0v) is 8.52. The molecule has 7 nitrogen and oxygen atoms in total. The second-order valence-corrected chi connectivity index (χ2v) is 3.78. The fraction of sp³-hybridized carbons (Fsp3) is 0. The van der Waals surface area contributed by atoms with Crippen LogP contribution in [-0.4, -0.2) is 17.9 Å². The Hall–Kier alpha value is -1.07. The van der Waals surface area contributed by atoms with E-state index >= 15 is 0 Å². The molecule has 0 bridgehead atoms. The molecule has 1 rings (SSSR count). The molecular formula is C6H5LiN2O5S. The van der Waals surface area contributed by atoms with Gasteiger partial charge in [-0.05, 0) is 6.07 Å². The number of nitrogens with zero attached hydrogens (tertiary/aromatic N) is 1. The van der Waals surface area contributed by atoms with Crippen molar-refractivity contribution in [3.8, 4) is 0 Å². The van der Waals surface area contributed by atoms with E-state index in [4.69, 9.17) is 5.73 Å². The van der Waals surface area contributed by atoms with Gasteiger partial charge in [0.05, 0.1) is 15.5 Å². The third kappa shape index (κ3) is 3.21. The molecule has 1 aromatic rings. The van der Waals surface area contributed by atoms with Crippen molar-refractivity contribution in [3.05, 3.63) is 28.3 Å². The van der Waals surface area contributed by atoms with Gasteiger partial charge in [-0.15, -0.1) is 0 Å². The van der Waals surface area contributed by atoms with Gasteiger partial charge in [0, 0.05) is 12.1 Å². The van der Waals surface area contributed by atoms with Crippen LogP contribution in [0.3, 0.4) is 0 Å². The molecule has 0 amide bonds. The van der Waals surface area contributed by atoms with Gasteiger partial charge in [-0.2, -0.15) is 0 Å². The van der Waals surface area contributed by atoms with Crippen molar-refractivity contribution in [1.29, 1.82) is 0 Å². The van der Waals surface area contributed by atoms with Gasteiger partial charge in [0.2, 0.25) is 0 Å². The first-order chi connectivity index (χ1) is 6.32. The van der Waals surface area contributed by atoms with E-state index in [-0.39, 0.29) is 24.5 Å². The van der Waals surface area contributed by atoms with Crippen LogP contribution in [0, 0.1) is 10.1 Å². The van der Waals surface area contributed by atoms with Gasteiger partial charge < -0.3 is 10.3 Å². The molecule has 0 heterocycles. The molecule has 0 unspecified atom stereocenters. The second-order valence-electron chi connectivity index (χ2n) is 2.43. The van der Waals surface area contributed by atoms with Crippen LogP contribution in [0.15, 0.2) is 23.1 Å². The maximum absolute atomic E-state index is 10.5. The molecule has 15 heavy (non-hydrogen) atoms. The molecule has 9 heteroatoms. The standard InChI is InChI=1S/C6H6N2O5S.Li/c7-5-3-4(8(9)10)1-2-6(5)14(11,12)13;/h1-3H,7H2,(H,11,12,13);/q;+1/p-1. The maximum Gasteiger partial charge on any atom is 1.00 e. The molecular weight excluding hydrogens is 219 g/mol. The normalized spacial score (nSPS) is 10.5. The summed E-state index contributed by atoms with van der Waals surface area (Å²) in [6.07, 6.45) is 0. The number of hydrogen-bond donors (Lipinski definition) is 1. The third-order valence-electron chi connectivity index (χ3n) is 1.47. The van der Waals surface area contributed by atoms with Crippen LogP contribution in [0.5, 0.6) is 0 Å². The summed E-state index contributed by atoms with van der Waals surface area (Å²) in [5, 5.41) is 10.2. The average Bonchev–Trinajstić information content (AvgIpc) is 2.01. The number of rotatable bonds is 2. The van der Waals surface area contributed by atoms with Crippen molar-refractivity contribution in [3.63, 3.8) is 0 Å². The Balaban J connectivity index is 0.00000196. The van der Waals surface area contributed by atoms with Crippen molar-refractivity contribution in [2.24, 2.45) is 0 Å². The van der Waals surface area contributed by atoms with E-state index in [9.17, 15) is 23.1 Å². The van der Waals surface area contributed by atoms with E-state index < -0.39 is 25.6 Å². The van der Waals surface area contributed by atoms with E-state index in [0.29, 0.717) is 0 Å². The van der Waals surface area contributed by atoms with Gasteiger partial charge in [0.1, 0.15) is 10.1 Å². The number of nitro benzene ring substituents is 1. The number of nitrogen functional groups attached to an aromatic ring is 1. The zero-order chi connectivity index (χ0) is 10.9. The SMILES string of the molecule is Nc1cc([N+](=O)[O-])ccc1S(=O)(=O)[O-].[Li+]. The predicted octanol–water partition coefficient (Wildman–Crippen LogP) is -2.91. The molecule has 0 radical (unpaired) electrons. The Kier molecular flexibility index (Phi) is 4.30. The van der Waals surface area contributed by atoms with Crippen LogP contribution in [0.4, 0.5) is 11.4 Å². The predicted molar refractivity (Wildman–Crippen MR) is 45.5 cm³/mol. The number of non-ortho nitro benzene ring substituents is 1. The first kappa shape index (κ1) is 13.9. The molecule has 2 N–H and O–H groups in total. The van der Waals surface area contributed by atoms with Gasteiger partial charge in [-0.25, -0.2) is 8.42 Å². The van der Waals surface area contributed by atoms with Crippen LogP contribution in [0.25, 0.3) is 0 Å². The zero-order valence-electron chi connectivity index (χ0n) is 7.71. The van der Waals surface area contributed by atoms with Gasteiger partial charge in [-0.1, -0.05) is 0 Å². The van der Waals surface area contributed by atoms with Crippen LogP contribution in [-0.2, 0) is 10.1 Å². The van der Waals surface area contributed by atoms with Crippen LogP contribution in [0.1, 0.15) is 0 Å². The van der Waals surface area contributed by atoms with E-state index in [1.807, 2.05) is 0 Å². The van der Waals surface area contributed by atoms with Crippen LogP contribution >= 0.6 is 0 Å².